The van der Waals surface area contributed by atoms with Gasteiger partial charge in [-0.05, 0) is 67.8 Å². The molecule has 0 unspecified atom stereocenters. The SMILES string of the molecule is CC[C@@H](C)NC(=O)[C@H](Cc1ccccc1)N(Cc1ccc(Cl)c(Cl)c1)C(=O)CN(c1cccc(Cl)c1Cl)S(=O)(=O)c1ccc(C)cc1. The largest absolute Gasteiger partial charge is 0.352 e. The van der Waals surface area contributed by atoms with Gasteiger partial charge in [0.2, 0.25) is 11.8 Å². The summed E-state index contributed by atoms with van der Waals surface area (Å²) in [7, 11) is -4.35. The second-order valence-electron chi connectivity index (χ2n) is 11.2. The van der Waals surface area contributed by atoms with Crippen LogP contribution in [0, 0.1) is 6.92 Å². The van der Waals surface area contributed by atoms with E-state index in [1.165, 1.54) is 29.2 Å². The first-order chi connectivity index (χ1) is 22.3. The minimum absolute atomic E-state index is 0.0197. The molecule has 2 amide bonds. The maximum atomic E-state index is 14.6. The topological polar surface area (TPSA) is 86.8 Å². The monoisotopic (exact) mass is 733 g/mol. The number of nitrogens with one attached hydrogen (secondary N) is 1. The lowest BCUT2D eigenvalue weighted by Gasteiger charge is -2.34. The van der Waals surface area contributed by atoms with Crippen molar-refractivity contribution in [1.29, 1.82) is 0 Å². The number of nitrogens with zero attached hydrogens (tertiary/aromatic N) is 2. The molecule has 0 fully saturated rings. The molecule has 12 heteroatoms. The van der Waals surface area contributed by atoms with Gasteiger partial charge < -0.3 is 10.2 Å². The molecule has 0 aromatic heterocycles. The molecule has 1 N–H and O–H groups in total. The van der Waals surface area contributed by atoms with Gasteiger partial charge in [0.25, 0.3) is 10.0 Å². The van der Waals surface area contributed by atoms with Crippen LogP contribution in [0.4, 0.5) is 5.69 Å². The van der Waals surface area contributed by atoms with E-state index in [1.807, 2.05) is 51.1 Å². The highest BCUT2D eigenvalue weighted by Crippen LogP contribution is 2.36. The molecular weight excluding hydrogens is 700 g/mol. The zero-order valence-corrected chi connectivity index (χ0v) is 29.9. The van der Waals surface area contributed by atoms with E-state index in [0.29, 0.717) is 17.0 Å². The first-order valence-electron chi connectivity index (χ1n) is 14.9. The minimum Gasteiger partial charge on any atom is -0.352 e. The van der Waals surface area contributed by atoms with E-state index in [4.69, 9.17) is 46.4 Å². The maximum absolute atomic E-state index is 14.6. The Labute approximate surface area is 296 Å². The van der Waals surface area contributed by atoms with Crippen molar-refractivity contribution in [3.63, 3.8) is 0 Å². The van der Waals surface area contributed by atoms with Gasteiger partial charge in [-0.15, -0.1) is 0 Å². The molecule has 2 atom stereocenters. The van der Waals surface area contributed by atoms with E-state index in [9.17, 15) is 18.0 Å². The molecule has 0 saturated heterocycles. The van der Waals surface area contributed by atoms with Crippen LogP contribution in [0.1, 0.15) is 37.0 Å². The average molecular weight is 736 g/mol. The molecule has 4 aromatic carbocycles. The second-order valence-corrected chi connectivity index (χ2v) is 14.7. The normalized spacial score (nSPS) is 12.7. The molecule has 0 aliphatic rings. The summed E-state index contributed by atoms with van der Waals surface area (Å²) in [6, 6.07) is 23.8. The molecule has 4 aromatic rings. The smallest absolute Gasteiger partial charge is 0.264 e. The molecule has 0 radical (unpaired) electrons. The van der Waals surface area contributed by atoms with Crippen molar-refractivity contribution in [2.45, 2.75) is 57.1 Å². The Morgan fingerprint density at radius 3 is 2.13 bits per heavy atom. The van der Waals surface area contributed by atoms with Crippen LogP contribution in [0.3, 0.4) is 0 Å². The molecule has 0 bridgehead atoms. The first-order valence-corrected chi connectivity index (χ1v) is 17.9. The molecule has 7 nitrogen and oxygen atoms in total. The van der Waals surface area contributed by atoms with E-state index >= 15 is 0 Å². The number of halogens is 4. The zero-order chi connectivity index (χ0) is 34.3. The fraction of sp³-hybridized carbons (Fsp3) is 0.257. The first kappa shape index (κ1) is 36.6. The lowest BCUT2D eigenvalue weighted by molar-refractivity contribution is -0.140. The number of amides is 2. The third kappa shape index (κ3) is 9.21. The highest BCUT2D eigenvalue weighted by molar-refractivity contribution is 7.92. The zero-order valence-electron chi connectivity index (χ0n) is 26.1. The highest BCUT2D eigenvalue weighted by atomic mass is 35.5. The highest BCUT2D eigenvalue weighted by Gasteiger charge is 2.36. The molecule has 0 spiro atoms. The van der Waals surface area contributed by atoms with Gasteiger partial charge in [-0.2, -0.15) is 0 Å². The van der Waals surface area contributed by atoms with Crippen molar-refractivity contribution >= 4 is 73.9 Å². The third-order valence-corrected chi connectivity index (χ3v) is 11.0. The summed E-state index contributed by atoms with van der Waals surface area (Å²) in [6.45, 7) is 4.91. The molecule has 0 aliphatic heterocycles. The van der Waals surface area contributed by atoms with Gasteiger partial charge in [-0.1, -0.05) is 113 Å². The van der Waals surface area contributed by atoms with E-state index in [-0.39, 0.29) is 50.6 Å². The Morgan fingerprint density at radius 1 is 0.809 bits per heavy atom. The van der Waals surface area contributed by atoms with Gasteiger partial charge in [0.05, 0.1) is 30.7 Å². The van der Waals surface area contributed by atoms with Crippen LogP contribution in [0.5, 0.6) is 0 Å². The molecule has 248 valence electrons. The number of hydrogen-bond acceptors (Lipinski definition) is 4. The summed E-state index contributed by atoms with van der Waals surface area (Å²) in [5.41, 5.74) is 2.28. The molecule has 0 saturated carbocycles. The number of carbonyl (C=O) groups is 2. The number of carbonyl (C=O) groups excluding carboxylic acids is 2. The standard InChI is InChI=1S/C35H35Cl4N3O4S/c1-4-24(3)40-35(44)32(20-25-9-6-5-7-10-25)41(21-26-15-18-28(36)30(38)19-26)33(43)22-42(31-12-8-11-29(37)34(31)39)47(45,46)27-16-13-23(2)14-17-27/h5-19,24,32H,4,20-22H2,1-3H3,(H,40,44)/t24-,32+/m1/s1. The summed E-state index contributed by atoms with van der Waals surface area (Å²) in [5.74, 6) is -1.03. The Kier molecular flexibility index (Phi) is 12.6. The predicted octanol–water partition coefficient (Wildman–Crippen LogP) is 8.36. The number of hydrogen-bond donors (Lipinski definition) is 1. The van der Waals surface area contributed by atoms with E-state index < -0.39 is 28.5 Å². The van der Waals surface area contributed by atoms with Gasteiger partial charge in [0, 0.05) is 19.0 Å². The Balaban J connectivity index is 1.85. The summed E-state index contributed by atoms with van der Waals surface area (Å²) >= 11 is 25.4. The van der Waals surface area contributed by atoms with Crippen LogP contribution >= 0.6 is 46.4 Å². The maximum Gasteiger partial charge on any atom is 0.264 e. The Hall–Kier alpha value is -3.27. The number of benzene rings is 4. The summed E-state index contributed by atoms with van der Waals surface area (Å²) in [6.07, 6.45) is 0.833. The molecule has 47 heavy (non-hydrogen) atoms. The Morgan fingerprint density at radius 2 is 1.49 bits per heavy atom. The van der Waals surface area contributed by atoms with Crippen LogP contribution in [-0.2, 0) is 32.6 Å². The van der Waals surface area contributed by atoms with Crippen molar-refractivity contribution in [3.8, 4) is 0 Å². The van der Waals surface area contributed by atoms with Crippen LogP contribution in [0.2, 0.25) is 20.1 Å². The number of sulfonamides is 1. The van der Waals surface area contributed by atoms with Gasteiger partial charge in [0.1, 0.15) is 12.6 Å². The lowest BCUT2D eigenvalue weighted by atomic mass is 10.0. The van der Waals surface area contributed by atoms with Crippen LogP contribution in [0.15, 0.2) is 95.9 Å². The average Bonchev–Trinajstić information content (AvgIpc) is 3.05. The molecule has 0 aliphatic carbocycles. The van der Waals surface area contributed by atoms with E-state index in [2.05, 4.69) is 5.32 Å². The summed E-state index contributed by atoms with van der Waals surface area (Å²) < 4.78 is 29.4. The van der Waals surface area contributed by atoms with Crippen LogP contribution in [-0.4, -0.2) is 43.8 Å². The van der Waals surface area contributed by atoms with Crippen molar-refractivity contribution in [2.24, 2.45) is 0 Å². The fourth-order valence-electron chi connectivity index (χ4n) is 4.87. The van der Waals surface area contributed by atoms with Crippen LogP contribution in [0.25, 0.3) is 0 Å². The molecule has 4 rings (SSSR count). The third-order valence-electron chi connectivity index (χ3n) is 7.70. The van der Waals surface area contributed by atoms with E-state index in [0.717, 1.165) is 15.4 Å². The quantitative estimate of drug-likeness (QED) is 0.150. The lowest BCUT2D eigenvalue weighted by Crippen LogP contribution is -2.54. The summed E-state index contributed by atoms with van der Waals surface area (Å²) in [4.78, 5) is 29.9. The van der Waals surface area contributed by atoms with Gasteiger partial charge in [-0.3, -0.25) is 13.9 Å². The number of anilines is 1. The van der Waals surface area contributed by atoms with Gasteiger partial charge in [-0.25, -0.2) is 8.42 Å². The molecular formula is C35H35Cl4N3O4S. The van der Waals surface area contributed by atoms with Crippen molar-refractivity contribution in [2.75, 3.05) is 10.8 Å². The second kappa shape index (κ2) is 16.2. The van der Waals surface area contributed by atoms with Crippen molar-refractivity contribution in [3.05, 3.63) is 128 Å². The van der Waals surface area contributed by atoms with Gasteiger partial charge in [0.15, 0.2) is 0 Å². The summed E-state index contributed by atoms with van der Waals surface area (Å²) in [5, 5.41) is 3.68. The predicted molar refractivity (Wildman–Crippen MR) is 191 cm³/mol. The van der Waals surface area contributed by atoms with E-state index in [1.54, 1.807) is 36.4 Å². The molecule has 0 heterocycles. The Bertz CT molecular complexity index is 1820. The van der Waals surface area contributed by atoms with Crippen molar-refractivity contribution < 1.29 is 18.0 Å². The fourth-order valence-corrected chi connectivity index (χ4v) is 7.06. The van der Waals surface area contributed by atoms with Crippen LogP contribution < -0.4 is 9.62 Å². The minimum atomic E-state index is -4.35. The number of aryl methyl sites for hydroxylation is 1. The van der Waals surface area contributed by atoms with Crippen molar-refractivity contribution in [1.82, 2.24) is 10.2 Å². The van der Waals surface area contributed by atoms with Gasteiger partial charge >= 0.3 is 0 Å². The number of rotatable bonds is 13.